The van der Waals surface area contributed by atoms with Crippen LogP contribution in [0.15, 0.2) is 24.3 Å². The molecule has 0 spiro atoms. The van der Waals surface area contributed by atoms with Gasteiger partial charge in [-0.05, 0) is 44.9 Å². The van der Waals surface area contributed by atoms with E-state index < -0.39 is 17.6 Å². The number of rotatable bonds is 6. The number of nitrogens with one attached hydrogen (secondary N) is 2. The summed E-state index contributed by atoms with van der Waals surface area (Å²) in [6.07, 6.45) is 0.901. The number of benzene rings is 1. The van der Waals surface area contributed by atoms with Crippen molar-refractivity contribution in [2.45, 2.75) is 51.7 Å². The van der Waals surface area contributed by atoms with Crippen molar-refractivity contribution in [2.24, 2.45) is 0 Å². The third-order valence-electron chi connectivity index (χ3n) is 4.10. The Hall–Kier alpha value is -2.90. The fourth-order valence-corrected chi connectivity index (χ4v) is 2.72. The molecule has 0 saturated carbocycles. The molecule has 2 rings (SSSR count). The van der Waals surface area contributed by atoms with Gasteiger partial charge in [-0.15, -0.1) is 0 Å². The first-order valence-electron chi connectivity index (χ1n) is 9.18. The van der Waals surface area contributed by atoms with Gasteiger partial charge in [0, 0.05) is 19.2 Å². The first kappa shape index (κ1) is 21.4. The van der Waals surface area contributed by atoms with E-state index in [2.05, 4.69) is 10.6 Å². The largest absolute Gasteiger partial charge is 0.459 e. The molecule has 1 saturated heterocycles. The molecule has 152 valence electrons. The molecule has 0 bridgehead atoms. The number of anilines is 1. The molecule has 1 fully saturated rings. The summed E-state index contributed by atoms with van der Waals surface area (Å²) < 4.78 is 5.22. The summed E-state index contributed by atoms with van der Waals surface area (Å²) >= 11 is 0. The molecule has 1 aliphatic heterocycles. The molecule has 0 aromatic heterocycles. The lowest BCUT2D eigenvalue weighted by Crippen LogP contribution is -2.47. The lowest BCUT2D eigenvalue weighted by molar-refractivity contribution is -0.158. The molecule has 0 aliphatic carbocycles. The third-order valence-corrected chi connectivity index (χ3v) is 4.10. The van der Waals surface area contributed by atoms with Gasteiger partial charge in [-0.3, -0.25) is 24.5 Å². The maximum absolute atomic E-state index is 12.3. The lowest BCUT2D eigenvalue weighted by Gasteiger charge is -2.23. The molecule has 1 aromatic carbocycles. The van der Waals surface area contributed by atoms with Crippen LogP contribution < -0.4 is 10.6 Å². The summed E-state index contributed by atoms with van der Waals surface area (Å²) in [6, 6.07) is 6.67. The quantitative estimate of drug-likeness (QED) is 0.560. The van der Waals surface area contributed by atoms with Crippen LogP contribution in [0.5, 0.6) is 0 Å². The van der Waals surface area contributed by atoms with Crippen molar-refractivity contribution in [3.63, 3.8) is 0 Å². The molecule has 1 aromatic rings. The second-order valence-corrected chi connectivity index (χ2v) is 7.86. The first-order chi connectivity index (χ1) is 13.0. The van der Waals surface area contributed by atoms with E-state index in [1.807, 2.05) is 0 Å². The number of imide groups is 1. The van der Waals surface area contributed by atoms with Crippen LogP contribution in [-0.4, -0.2) is 53.8 Å². The van der Waals surface area contributed by atoms with Crippen LogP contribution in [0, 0.1) is 0 Å². The average molecular weight is 389 g/mol. The number of nitrogens with zero attached hydrogens (tertiary/aromatic N) is 1. The highest BCUT2D eigenvalue weighted by Gasteiger charge is 2.26. The smallest absolute Gasteiger partial charge is 0.326 e. The number of hydrogen-bond donors (Lipinski definition) is 2. The van der Waals surface area contributed by atoms with Crippen molar-refractivity contribution in [1.29, 1.82) is 0 Å². The molecule has 8 heteroatoms. The van der Waals surface area contributed by atoms with E-state index in [4.69, 9.17) is 4.74 Å². The van der Waals surface area contributed by atoms with Gasteiger partial charge in [0.2, 0.25) is 17.7 Å². The number of piperidine rings is 1. The highest BCUT2D eigenvalue weighted by Crippen LogP contribution is 2.15. The van der Waals surface area contributed by atoms with Gasteiger partial charge in [-0.1, -0.05) is 12.1 Å². The zero-order chi connectivity index (χ0) is 20.9. The van der Waals surface area contributed by atoms with E-state index >= 15 is 0 Å². The van der Waals surface area contributed by atoms with E-state index in [0.717, 1.165) is 11.3 Å². The number of carbonyl (C=O) groups is 4. The lowest BCUT2D eigenvalue weighted by atomic mass is 10.1. The van der Waals surface area contributed by atoms with E-state index in [1.54, 1.807) is 52.1 Å². The standard InChI is InChI=1S/C20H27N3O5/c1-20(2,3)28-18(26)12-23(4)17(25)11-13-5-7-14(8-6-13)21-15-9-10-16(24)22-19(15)27/h5-8,15,21H,9-12H2,1-4H3,(H,22,24,27). The molecular weight excluding hydrogens is 362 g/mol. The SMILES string of the molecule is CN(CC(=O)OC(C)(C)C)C(=O)Cc1ccc(NC2CCC(=O)NC2=O)cc1. The maximum atomic E-state index is 12.3. The normalized spacial score (nSPS) is 16.9. The van der Waals surface area contributed by atoms with Crippen LogP contribution in [-0.2, 0) is 30.3 Å². The van der Waals surface area contributed by atoms with E-state index in [-0.39, 0.29) is 30.7 Å². The summed E-state index contributed by atoms with van der Waals surface area (Å²) in [4.78, 5) is 48.4. The van der Waals surface area contributed by atoms with Crippen molar-refractivity contribution in [1.82, 2.24) is 10.2 Å². The van der Waals surface area contributed by atoms with Crippen molar-refractivity contribution in [3.05, 3.63) is 29.8 Å². The zero-order valence-corrected chi connectivity index (χ0v) is 16.7. The fraction of sp³-hybridized carbons (Fsp3) is 0.500. The number of amides is 3. The van der Waals surface area contributed by atoms with Gasteiger partial charge in [-0.25, -0.2) is 0 Å². The van der Waals surface area contributed by atoms with Gasteiger partial charge in [0.15, 0.2) is 0 Å². The summed E-state index contributed by atoms with van der Waals surface area (Å²) in [6.45, 7) is 5.22. The minimum absolute atomic E-state index is 0.106. The molecule has 28 heavy (non-hydrogen) atoms. The number of ether oxygens (including phenoxy) is 1. The number of likely N-dealkylation sites (N-methyl/N-ethyl adjacent to an activating group) is 1. The van der Waals surface area contributed by atoms with E-state index in [0.29, 0.717) is 12.8 Å². The Balaban J connectivity index is 1.86. The number of carbonyl (C=O) groups excluding carboxylic acids is 4. The van der Waals surface area contributed by atoms with Crippen molar-refractivity contribution in [3.8, 4) is 0 Å². The zero-order valence-electron chi connectivity index (χ0n) is 16.7. The Morgan fingerprint density at radius 2 is 1.86 bits per heavy atom. The second-order valence-electron chi connectivity index (χ2n) is 7.86. The van der Waals surface area contributed by atoms with Crippen molar-refractivity contribution >= 4 is 29.4 Å². The van der Waals surface area contributed by atoms with Crippen LogP contribution >= 0.6 is 0 Å². The van der Waals surface area contributed by atoms with Crippen LogP contribution in [0.1, 0.15) is 39.2 Å². The Morgan fingerprint density at radius 3 is 2.43 bits per heavy atom. The molecule has 2 N–H and O–H groups in total. The molecule has 3 amide bonds. The first-order valence-corrected chi connectivity index (χ1v) is 9.18. The number of esters is 1. The van der Waals surface area contributed by atoms with Crippen LogP contribution in [0.2, 0.25) is 0 Å². The summed E-state index contributed by atoms with van der Waals surface area (Å²) in [5.41, 5.74) is 0.925. The minimum atomic E-state index is -0.591. The fourth-order valence-electron chi connectivity index (χ4n) is 2.72. The van der Waals surface area contributed by atoms with Gasteiger partial charge in [0.25, 0.3) is 0 Å². The Labute approximate surface area is 164 Å². The topological polar surface area (TPSA) is 105 Å². The summed E-state index contributed by atoms with van der Waals surface area (Å²) in [7, 11) is 1.56. The van der Waals surface area contributed by atoms with Gasteiger partial charge in [-0.2, -0.15) is 0 Å². The summed E-state index contributed by atoms with van der Waals surface area (Å²) in [5.74, 6) is -1.24. The maximum Gasteiger partial charge on any atom is 0.326 e. The van der Waals surface area contributed by atoms with Gasteiger partial charge in [0.1, 0.15) is 18.2 Å². The van der Waals surface area contributed by atoms with Gasteiger partial charge < -0.3 is 15.0 Å². The molecule has 1 unspecified atom stereocenters. The Bertz CT molecular complexity index is 752. The van der Waals surface area contributed by atoms with E-state index in [1.165, 1.54) is 4.90 Å². The molecule has 0 radical (unpaired) electrons. The minimum Gasteiger partial charge on any atom is -0.459 e. The number of hydrogen-bond acceptors (Lipinski definition) is 6. The molecule has 1 atom stereocenters. The van der Waals surface area contributed by atoms with Crippen LogP contribution in [0.3, 0.4) is 0 Å². The molecule has 8 nitrogen and oxygen atoms in total. The van der Waals surface area contributed by atoms with Crippen molar-refractivity contribution in [2.75, 3.05) is 18.9 Å². The monoisotopic (exact) mass is 389 g/mol. The highest BCUT2D eigenvalue weighted by molar-refractivity contribution is 6.01. The highest BCUT2D eigenvalue weighted by atomic mass is 16.6. The Morgan fingerprint density at radius 1 is 1.21 bits per heavy atom. The van der Waals surface area contributed by atoms with Crippen molar-refractivity contribution < 1.29 is 23.9 Å². The Kier molecular flexibility index (Phi) is 6.77. The average Bonchev–Trinajstić information content (AvgIpc) is 2.57. The predicted molar refractivity (Wildman–Crippen MR) is 103 cm³/mol. The molecule has 1 aliphatic rings. The summed E-state index contributed by atoms with van der Waals surface area (Å²) in [5, 5.41) is 5.38. The molecular formula is C20H27N3O5. The van der Waals surface area contributed by atoms with E-state index in [9.17, 15) is 19.2 Å². The van der Waals surface area contributed by atoms with Crippen LogP contribution in [0.4, 0.5) is 5.69 Å². The van der Waals surface area contributed by atoms with Gasteiger partial charge in [0.05, 0.1) is 6.42 Å². The predicted octanol–water partition coefficient (Wildman–Crippen LogP) is 1.25. The second kappa shape index (κ2) is 8.86. The molecule has 1 heterocycles. The van der Waals surface area contributed by atoms with Gasteiger partial charge >= 0.3 is 5.97 Å². The third kappa shape index (κ3) is 6.68. The van der Waals surface area contributed by atoms with Crippen LogP contribution in [0.25, 0.3) is 0 Å².